The normalized spacial score (nSPS) is 25.8. The highest BCUT2D eigenvalue weighted by atomic mass is 19.1. The molecular formula is C20H26FN3O2. The molecule has 6 heteroatoms. The Hall–Kier alpha value is -2.11. The first kappa shape index (κ1) is 17.3. The zero-order chi connectivity index (χ0) is 18.1. The van der Waals surface area contributed by atoms with Crippen molar-refractivity contribution in [1.82, 2.24) is 15.1 Å². The Morgan fingerprint density at radius 2 is 2.12 bits per heavy atom. The molecule has 2 heterocycles. The van der Waals surface area contributed by atoms with Gasteiger partial charge in [0.2, 0.25) is 5.91 Å². The highest BCUT2D eigenvalue weighted by Crippen LogP contribution is 2.41. The van der Waals surface area contributed by atoms with E-state index in [4.69, 9.17) is 0 Å². The summed E-state index contributed by atoms with van der Waals surface area (Å²) in [5, 5.41) is 2.85. The smallest absolute Gasteiger partial charge is 0.317 e. The Kier molecular flexibility index (Phi) is 4.59. The molecule has 1 aromatic rings. The van der Waals surface area contributed by atoms with E-state index >= 15 is 0 Å². The Bertz CT molecular complexity index is 706. The predicted molar refractivity (Wildman–Crippen MR) is 95.8 cm³/mol. The molecule has 3 fully saturated rings. The van der Waals surface area contributed by atoms with Crippen LogP contribution >= 0.6 is 0 Å². The van der Waals surface area contributed by atoms with Crippen LogP contribution in [0.4, 0.5) is 9.18 Å². The molecule has 26 heavy (non-hydrogen) atoms. The van der Waals surface area contributed by atoms with Crippen molar-refractivity contribution in [2.75, 3.05) is 26.2 Å². The number of benzene rings is 1. The Morgan fingerprint density at radius 3 is 2.88 bits per heavy atom. The van der Waals surface area contributed by atoms with Crippen LogP contribution in [-0.2, 0) is 11.3 Å². The maximum absolute atomic E-state index is 13.2. The number of likely N-dealkylation sites (tertiary alicyclic amines) is 2. The molecule has 4 rings (SSSR count). The molecule has 1 spiro atoms. The third-order valence-electron chi connectivity index (χ3n) is 5.97. The minimum absolute atomic E-state index is 0.168. The van der Waals surface area contributed by atoms with Crippen molar-refractivity contribution >= 4 is 11.9 Å². The van der Waals surface area contributed by atoms with Crippen LogP contribution in [0, 0.1) is 17.2 Å². The summed E-state index contributed by atoms with van der Waals surface area (Å²) in [6.45, 7) is 3.16. The minimum atomic E-state index is -0.386. The minimum Gasteiger partial charge on any atom is -0.342 e. The van der Waals surface area contributed by atoms with Gasteiger partial charge in [-0.2, -0.15) is 0 Å². The fraction of sp³-hybridized carbons (Fsp3) is 0.600. The van der Waals surface area contributed by atoms with Crippen LogP contribution in [0.25, 0.3) is 0 Å². The second-order valence-corrected chi connectivity index (χ2v) is 8.04. The summed E-state index contributed by atoms with van der Waals surface area (Å²) in [4.78, 5) is 29.3. The Balaban J connectivity index is 1.34. The topological polar surface area (TPSA) is 52.7 Å². The average Bonchev–Trinajstić information content (AvgIpc) is 3.35. The number of carbonyl (C=O) groups excluding carboxylic acids is 2. The van der Waals surface area contributed by atoms with Gasteiger partial charge in [0.15, 0.2) is 0 Å². The van der Waals surface area contributed by atoms with Gasteiger partial charge in [-0.1, -0.05) is 12.1 Å². The van der Waals surface area contributed by atoms with Crippen LogP contribution in [0.5, 0.6) is 0 Å². The van der Waals surface area contributed by atoms with Crippen LogP contribution < -0.4 is 5.32 Å². The number of rotatable bonds is 4. The molecule has 1 saturated carbocycles. The summed E-state index contributed by atoms with van der Waals surface area (Å²) in [6.07, 6.45) is 5.13. The summed E-state index contributed by atoms with van der Waals surface area (Å²) in [5.41, 5.74) is 0.347. The van der Waals surface area contributed by atoms with Gasteiger partial charge in [-0.3, -0.25) is 4.79 Å². The molecule has 3 aliphatic rings. The lowest BCUT2D eigenvalue weighted by Crippen LogP contribution is -2.51. The van der Waals surface area contributed by atoms with Gasteiger partial charge >= 0.3 is 6.03 Å². The number of nitrogens with one attached hydrogen (secondary N) is 1. The van der Waals surface area contributed by atoms with Crippen molar-refractivity contribution in [3.05, 3.63) is 35.6 Å². The van der Waals surface area contributed by atoms with Gasteiger partial charge in [0.1, 0.15) is 5.82 Å². The number of piperidine rings is 1. The summed E-state index contributed by atoms with van der Waals surface area (Å²) < 4.78 is 13.2. The SMILES string of the molecule is O=C(NCc1cccc(F)c1)N1CC[C@]2(CCCN(CC3CC3)C2=O)C1. The molecule has 0 bridgehead atoms. The van der Waals surface area contributed by atoms with Crippen molar-refractivity contribution in [1.29, 1.82) is 0 Å². The van der Waals surface area contributed by atoms with Crippen molar-refractivity contribution in [2.45, 2.75) is 38.6 Å². The molecular weight excluding hydrogens is 333 g/mol. The largest absolute Gasteiger partial charge is 0.342 e. The van der Waals surface area contributed by atoms with E-state index < -0.39 is 0 Å². The fourth-order valence-electron chi connectivity index (χ4n) is 4.30. The average molecular weight is 359 g/mol. The van der Waals surface area contributed by atoms with Crippen LogP contribution in [-0.4, -0.2) is 47.9 Å². The molecule has 140 valence electrons. The van der Waals surface area contributed by atoms with E-state index in [1.807, 2.05) is 4.90 Å². The third-order valence-corrected chi connectivity index (χ3v) is 5.97. The molecule has 0 aromatic heterocycles. The first-order valence-electron chi connectivity index (χ1n) is 9.62. The van der Waals surface area contributed by atoms with Crippen molar-refractivity contribution in [3.63, 3.8) is 0 Å². The van der Waals surface area contributed by atoms with Gasteiger partial charge in [0.05, 0.1) is 5.41 Å². The lowest BCUT2D eigenvalue weighted by molar-refractivity contribution is -0.145. The van der Waals surface area contributed by atoms with Gasteiger partial charge < -0.3 is 15.1 Å². The molecule has 1 aliphatic carbocycles. The second kappa shape index (κ2) is 6.89. The third kappa shape index (κ3) is 3.55. The molecule has 2 aliphatic heterocycles. The second-order valence-electron chi connectivity index (χ2n) is 8.04. The van der Waals surface area contributed by atoms with Crippen LogP contribution in [0.1, 0.15) is 37.7 Å². The molecule has 1 N–H and O–H groups in total. The molecule has 2 saturated heterocycles. The van der Waals surface area contributed by atoms with Crippen LogP contribution in [0.15, 0.2) is 24.3 Å². The summed E-state index contributed by atoms with van der Waals surface area (Å²) in [6, 6.07) is 6.06. The van der Waals surface area contributed by atoms with Crippen molar-refractivity contribution < 1.29 is 14.0 Å². The van der Waals surface area contributed by atoms with Crippen molar-refractivity contribution in [3.8, 4) is 0 Å². The number of urea groups is 1. The highest BCUT2D eigenvalue weighted by Gasteiger charge is 2.49. The van der Waals surface area contributed by atoms with Crippen LogP contribution in [0.2, 0.25) is 0 Å². The molecule has 1 atom stereocenters. The summed E-state index contributed by atoms with van der Waals surface area (Å²) >= 11 is 0. The van der Waals surface area contributed by atoms with E-state index in [9.17, 15) is 14.0 Å². The van der Waals surface area contributed by atoms with Gasteiger partial charge in [-0.15, -0.1) is 0 Å². The van der Waals surface area contributed by atoms with Gasteiger partial charge in [-0.05, 0) is 55.7 Å². The predicted octanol–water partition coefficient (Wildman–Crippen LogP) is 2.76. The first-order valence-corrected chi connectivity index (χ1v) is 9.62. The highest BCUT2D eigenvalue weighted by molar-refractivity contribution is 5.85. The van der Waals surface area contributed by atoms with Gasteiger partial charge in [-0.25, -0.2) is 9.18 Å². The molecule has 3 amide bonds. The molecule has 1 aromatic carbocycles. The van der Waals surface area contributed by atoms with Gasteiger partial charge in [0, 0.05) is 32.7 Å². The lowest BCUT2D eigenvalue weighted by Gasteiger charge is -2.39. The van der Waals surface area contributed by atoms with E-state index in [0.29, 0.717) is 25.6 Å². The van der Waals surface area contributed by atoms with E-state index in [0.717, 1.165) is 37.9 Å². The quantitative estimate of drug-likeness (QED) is 0.899. The summed E-state index contributed by atoms with van der Waals surface area (Å²) in [7, 11) is 0. The molecule has 0 radical (unpaired) electrons. The number of carbonyl (C=O) groups is 2. The first-order chi connectivity index (χ1) is 12.6. The van der Waals surface area contributed by atoms with E-state index in [2.05, 4.69) is 5.32 Å². The van der Waals surface area contributed by atoms with Crippen LogP contribution in [0.3, 0.4) is 0 Å². The van der Waals surface area contributed by atoms with E-state index in [1.165, 1.54) is 25.0 Å². The number of hydrogen-bond donors (Lipinski definition) is 1. The van der Waals surface area contributed by atoms with E-state index in [1.54, 1.807) is 17.0 Å². The number of nitrogens with zero attached hydrogens (tertiary/aromatic N) is 2. The maximum Gasteiger partial charge on any atom is 0.317 e. The lowest BCUT2D eigenvalue weighted by atomic mass is 9.78. The monoisotopic (exact) mass is 359 g/mol. The standard InChI is InChI=1S/C20H26FN3O2/c21-17-4-1-3-16(11-17)12-22-19(26)24-10-8-20(14-24)7-2-9-23(18(20)25)13-15-5-6-15/h1,3-4,11,15H,2,5-10,12-14H2,(H,22,26)/t20-/m1/s1. The summed E-state index contributed by atoms with van der Waals surface area (Å²) in [5.74, 6) is 0.637. The number of hydrogen-bond acceptors (Lipinski definition) is 2. The zero-order valence-electron chi connectivity index (χ0n) is 15.0. The van der Waals surface area contributed by atoms with Crippen molar-refractivity contribution in [2.24, 2.45) is 11.3 Å². The molecule has 0 unspecified atom stereocenters. The zero-order valence-corrected chi connectivity index (χ0v) is 15.0. The Morgan fingerprint density at radius 1 is 1.27 bits per heavy atom. The van der Waals surface area contributed by atoms with E-state index in [-0.39, 0.29) is 23.2 Å². The maximum atomic E-state index is 13.2. The fourth-order valence-corrected chi connectivity index (χ4v) is 4.30. The number of amides is 3. The molecule has 5 nitrogen and oxygen atoms in total. The van der Waals surface area contributed by atoms with Gasteiger partial charge in [0.25, 0.3) is 0 Å². The Labute approximate surface area is 153 Å². The number of halogens is 1.